The summed E-state index contributed by atoms with van der Waals surface area (Å²) in [6, 6.07) is 0.179. The van der Waals surface area contributed by atoms with Crippen molar-refractivity contribution < 1.29 is 4.74 Å². The van der Waals surface area contributed by atoms with Gasteiger partial charge in [0.05, 0.1) is 18.2 Å². The van der Waals surface area contributed by atoms with Crippen LogP contribution < -0.4 is 5.32 Å². The van der Waals surface area contributed by atoms with Gasteiger partial charge in [0.1, 0.15) is 5.82 Å². The number of morpholine rings is 1. The van der Waals surface area contributed by atoms with E-state index in [-0.39, 0.29) is 11.6 Å². The maximum absolute atomic E-state index is 6.18. The molecule has 1 aromatic heterocycles. The molecule has 0 radical (unpaired) electrons. The summed E-state index contributed by atoms with van der Waals surface area (Å²) in [5.74, 6) is 4.32. The minimum atomic E-state index is -0.0727. The number of thioether (sulfide) groups is 1. The molecule has 0 bridgehead atoms. The van der Waals surface area contributed by atoms with E-state index in [2.05, 4.69) is 20.1 Å². The highest BCUT2D eigenvalue weighted by Crippen LogP contribution is 2.41. The number of hydrogen-bond donors (Lipinski definition) is 1. The van der Waals surface area contributed by atoms with Crippen molar-refractivity contribution in [2.75, 3.05) is 24.7 Å². The van der Waals surface area contributed by atoms with Crippen molar-refractivity contribution in [2.45, 2.75) is 31.4 Å². The summed E-state index contributed by atoms with van der Waals surface area (Å²) >= 11 is 2.02. The number of nitrogens with zero attached hydrogens (tertiary/aromatic N) is 3. The van der Waals surface area contributed by atoms with Crippen LogP contribution in [0.2, 0.25) is 0 Å². The van der Waals surface area contributed by atoms with Gasteiger partial charge in [-0.15, -0.1) is 10.2 Å². The largest absolute Gasteiger partial charge is 0.372 e. The van der Waals surface area contributed by atoms with E-state index in [4.69, 9.17) is 4.74 Å². The van der Waals surface area contributed by atoms with Crippen LogP contribution in [0.25, 0.3) is 0 Å². The van der Waals surface area contributed by atoms with E-state index in [9.17, 15) is 0 Å². The molecular formula is C12H20N4OS. The Balaban J connectivity index is 1.94. The Morgan fingerprint density at radius 3 is 2.83 bits per heavy atom. The zero-order valence-electron chi connectivity index (χ0n) is 11.0. The van der Waals surface area contributed by atoms with Crippen molar-refractivity contribution in [3.8, 4) is 0 Å². The molecule has 2 fully saturated rings. The molecular weight excluding hydrogens is 248 g/mol. The van der Waals surface area contributed by atoms with Gasteiger partial charge < -0.3 is 14.6 Å². The van der Waals surface area contributed by atoms with Crippen LogP contribution in [0.1, 0.15) is 30.5 Å². The SMILES string of the molecule is Cc1nnc(C2NCCOC23CCSCC3)n1C. The first-order chi connectivity index (χ1) is 8.73. The Morgan fingerprint density at radius 1 is 1.39 bits per heavy atom. The highest BCUT2D eigenvalue weighted by molar-refractivity contribution is 7.99. The standard InChI is InChI=1S/C12H20N4OS/c1-9-14-15-11(16(9)2)10-12(17-6-5-13-10)3-7-18-8-4-12/h10,13H,3-8H2,1-2H3. The van der Waals surface area contributed by atoms with Gasteiger partial charge in [-0.2, -0.15) is 11.8 Å². The predicted octanol–water partition coefficient (Wildman–Crippen LogP) is 1.05. The summed E-state index contributed by atoms with van der Waals surface area (Å²) in [5.41, 5.74) is -0.0727. The second kappa shape index (κ2) is 4.83. The highest BCUT2D eigenvalue weighted by Gasteiger charge is 2.45. The number of rotatable bonds is 1. The van der Waals surface area contributed by atoms with Gasteiger partial charge in [-0.25, -0.2) is 0 Å². The van der Waals surface area contributed by atoms with Gasteiger partial charge in [-0.05, 0) is 31.3 Å². The van der Waals surface area contributed by atoms with Crippen LogP contribution in [0, 0.1) is 6.92 Å². The Hall–Kier alpha value is -0.590. The zero-order valence-corrected chi connectivity index (χ0v) is 11.8. The third-order valence-electron chi connectivity index (χ3n) is 4.09. The molecule has 3 heterocycles. The highest BCUT2D eigenvalue weighted by atomic mass is 32.2. The molecule has 6 heteroatoms. The van der Waals surface area contributed by atoms with Gasteiger partial charge >= 0.3 is 0 Å². The van der Waals surface area contributed by atoms with E-state index < -0.39 is 0 Å². The van der Waals surface area contributed by atoms with Crippen molar-refractivity contribution in [1.82, 2.24) is 20.1 Å². The van der Waals surface area contributed by atoms with Gasteiger partial charge in [0, 0.05) is 13.6 Å². The van der Waals surface area contributed by atoms with E-state index in [1.165, 1.54) is 11.5 Å². The van der Waals surface area contributed by atoms with Crippen molar-refractivity contribution in [3.05, 3.63) is 11.6 Å². The lowest BCUT2D eigenvalue weighted by Crippen LogP contribution is -2.54. The first-order valence-corrected chi connectivity index (χ1v) is 7.69. The van der Waals surface area contributed by atoms with Crippen LogP contribution >= 0.6 is 11.8 Å². The molecule has 100 valence electrons. The average Bonchev–Trinajstić information content (AvgIpc) is 2.72. The molecule has 2 aliphatic rings. The molecule has 1 atom stereocenters. The summed E-state index contributed by atoms with van der Waals surface area (Å²) in [6.45, 7) is 3.69. The van der Waals surface area contributed by atoms with Crippen LogP contribution in [-0.2, 0) is 11.8 Å². The lowest BCUT2D eigenvalue weighted by atomic mass is 9.86. The van der Waals surface area contributed by atoms with Gasteiger partial charge in [0.15, 0.2) is 5.82 Å². The molecule has 1 N–H and O–H groups in total. The maximum Gasteiger partial charge on any atom is 0.152 e. The van der Waals surface area contributed by atoms with Crippen molar-refractivity contribution in [2.24, 2.45) is 7.05 Å². The number of aromatic nitrogens is 3. The fourth-order valence-corrected chi connectivity index (χ4v) is 4.06. The van der Waals surface area contributed by atoms with Crippen LogP contribution in [0.15, 0.2) is 0 Å². The van der Waals surface area contributed by atoms with E-state index in [1.54, 1.807) is 0 Å². The first kappa shape index (κ1) is 12.4. The quantitative estimate of drug-likeness (QED) is 0.825. The first-order valence-electron chi connectivity index (χ1n) is 6.54. The number of aryl methyl sites for hydroxylation is 1. The number of ether oxygens (including phenoxy) is 1. The molecule has 1 spiro atoms. The van der Waals surface area contributed by atoms with Crippen molar-refractivity contribution >= 4 is 11.8 Å². The summed E-state index contributed by atoms with van der Waals surface area (Å²) in [6.07, 6.45) is 2.20. The van der Waals surface area contributed by atoms with Crippen molar-refractivity contribution in [1.29, 1.82) is 0 Å². The van der Waals surface area contributed by atoms with Crippen LogP contribution in [0.5, 0.6) is 0 Å². The van der Waals surface area contributed by atoms with Crippen LogP contribution in [0.3, 0.4) is 0 Å². The molecule has 5 nitrogen and oxygen atoms in total. The van der Waals surface area contributed by atoms with Crippen molar-refractivity contribution in [3.63, 3.8) is 0 Å². The minimum absolute atomic E-state index is 0.0727. The third kappa shape index (κ3) is 1.96. The molecule has 3 rings (SSSR count). The zero-order chi connectivity index (χ0) is 12.6. The second-order valence-corrected chi connectivity index (χ2v) is 6.30. The summed E-state index contributed by atoms with van der Waals surface area (Å²) in [5, 5.41) is 12.1. The number of hydrogen-bond acceptors (Lipinski definition) is 5. The van der Waals surface area contributed by atoms with E-state index >= 15 is 0 Å². The molecule has 18 heavy (non-hydrogen) atoms. The molecule has 0 saturated carbocycles. The molecule has 2 aliphatic heterocycles. The Labute approximate surface area is 112 Å². The van der Waals surface area contributed by atoms with Crippen LogP contribution in [-0.4, -0.2) is 45.0 Å². The predicted molar refractivity (Wildman–Crippen MR) is 71.7 cm³/mol. The lowest BCUT2D eigenvalue weighted by molar-refractivity contribution is -0.106. The van der Waals surface area contributed by atoms with Gasteiger partial charge in [-0.3, -0.25) is 0 Å². The Kier molecular flexibility index (Phi) is 3.34. The van der Waals surface area contributed by atoms with Gasteiger partial charge in [0.25, 0.3) is 0 Å². The third-order valence-corrected chi connectivity index (χ3v) is 5.08. The fourth-order valence-electron chi connectivity index (χ4n) is 2.88. The molecule has 2 saturated heterocycles. The topological polar surface area (TPSA) is 52.0 Å². The molecule has 0 aromatic carbocycles. The smallest absolute Gasteiger partial charge is 0.152 e. The summed E-state index contributed by atoms with van der Waals surface area (Å²) in [4.78, 5) is 0. The Bertz CT molecular complexity index is 419. The second-order valence-electron chi connectivity index (χ2n) is 5.08. The summed E-state index contributed by atoms with van der Waals surface area (Å²) in [7, 11) is 2.03. The molecule has 1 aromatic rings. The van der Waals surface area contributed by atoms with E-state index in [0.29, 0.717) is 0 Å². The lowest BCUT2D eigenvalue weighted by Gasteiger charge is -2.46. The Morgan fingerprint density at radius 2 is 2.17 bits per heavy atom. The minimum Gasteiger partial charge on any atom is -0.372 e. The fraction of sp³-hybridized carbons (Fsp3) is 0.833. The monoisotopic (exact) mass is 268 g/mol. The van der Waals surface area contributed by atoms with E-state index in [1.807, 2.05) is 25.7 Å². The van der Waals surface area contributed by atoms with E-state index in [0.717, 1.165) is 37.6 Å². The average molecular weight is 268 g/mol. The van der Waals surface area contributed by atoms with Gasteiger partial charge in [0.2, 0.25) is 0 Å². The van der Waals surface area contributed by atoms with Crippen LogP contribution in [0.4, 0.5) is 0 Å². The normalized spacial score (nSPS) is 27.6. The van der Waals surface area contributed by atoms with Gasteiger partial charge in [-0.1, -0.05) is 0 Å². The molecule has 1 unspecified atom stereocenters. The number of nitrogens with one attached hydrogen (secondary N) is 1. The maximum atomic E-state index is 6.18. The molecule has 0 amide bonds. The molecule has 0 aliphatic carbocycles. The summed E-state index contributed by atoms with van der Waals surface area (Å²) < 4.78 is 8.26.